The molecule has 0 fully saturated rings. The molecule has 9 heteroatoms. The summed E-state index contributed by atoms with van der Waals surface area (Å²) in [4.78, 5) is 22.7. The number of hydrogen-bond donors (Lipinski definition) is 1. The maximum absolute atomic E-state index is 12.8. The van der Waals surface area contributed by atoms with Crippen LogP contribution in [0.15, 0.2) is 21.9 Å². The van der Waals surface area contributed by atoms with Crippen LogP contribution in [0.25, 0.3) is 0 Å². The summed E-state index contributed by atoms with van der Waals surface area (Å²) in [5.74, 6) is -2.21. The summed E-state index contributed by atoms with van der Waals surface area (Å²) in [6, 6.07) is 1.05. The Hall–Kier alpha value is -1.64. The smallest absolute Gasteiger partial charge is 0.393 e. The molecule has 0 aliphatic rings. The van der Waals surface area contributed by atoms with Crippen LogP contribution in [0.4, 0.5) is 13.2 Å². The molecule has 0 saturated heterocycles. The van der Waals surface area contributed by atoms with Crippen molar-refractivity contribution in [2.75, 3.05) is 0 Å². The minimum Gasteiger partial charge on any atom is -0.393 e. The van der Waals surface area contributed by atoms with Crippen molar-refractivity contribution in [1.82, 2.24) is 9.13 Å². The molecule has 0 bridgehead atoms. The van der Waals surface area contributed by atoms with Gasteiger partial charge in [-0.3, -0.25) is 9.36 Å². The zero-order valence-corrected chi connectivity index (χ0v) is 11.5. The molecule has 1 unspecified atom stereocenters. The van der Waals surface area contributed by atoms with Crippen LogP contribution in [0.2, 0.25) is 0 Å². The Morgan fingerprint density at radius 3 is 2.50 bits per heavy atom. The fraction of sp³-hybridized carbons (Fsp3) is 0.545. The minimum atomic E-state index is -4.71. The van der Waals surface area contributed by atoms with Gasteiger partial charge in [0.25, 0.3) is 5.56 Å². The predicted molar refractivity (Wildman–Crippen MR) is 71.6 cm³/mol. The van der Waals surface area contributed by atoms with E-state index in [0.717, 1.165) is 6.07 Å². The SMILES string of the molecule is CCCn1ccc(=O)n(CC(C(N)=S)C(F)(F)F)c1=O. The molecule has 0 radical (unpaired) electrons. The molecule has 112 valence electrons. The van der Waals surface area contributed by atoms with Gasteiger partial charge in [0.05, 0.1) is 4.99 Å². The Morgan fingerprint density at radius 2 is 2.05 bits per heavy atom. The molecule has 0 saturated carbocycles. The predicted octanol–water partition coefficient (Wildman–Crippen LogP) is 0.885. The Bertz CT molecular complexity index is 606. The molecule has 1 atom stereocenters. The molecular formula is C11H14F3N3O2S. The Balaban J connectivity index is 3.26. The van der Waals surface area contributed by atoms with E-state index in [1.165, 1.54) is 10.8 Å². The lowest BCUT2D eigenvalue weighted by molar-refractivity contribution is -0.158. The maximum Gasteiger partial charge on any atom is 0.399 e. The number of aryl methyl sites for hydroxylation is 1. The first-order chi connectivity index (χ1) is 9.18. The van der Waals surface area contributed by atoms with Gasteiger partial charge in [0.2, 0.25) is 0 Å². The van der Waals surface area contributed by atoms with E-state index in [1.54, 1.807) is 6.92 Å². The van der Waals surface area contributed by atoms with Crippen LogP contribution in [0, 0.1) is 5.92 Å². The van der Waals surface area contributed by atoms with Crippen LogP contribution in [0.1, 0.15) is 13.3 Å². The molecule has 0 spiro atoms. The molecule has 0 aliphatic heterocycles. The van der Waals surface area contributed by atoms with E-state index in [0.29, 0.717) is 17.5 Å². The lowest BCUT2D eigenvalue weighted by Crippen LogP contribution is -2.46. The van der Waals surface area contributed by atoms with Crippen LogP contribution >= 0.6 is 12.2 Å². The van der Waals surface area contributed by atoms with Gasteiger partial charge in [0.15, 0.2) is 0 Å². The fourth-order valence-electron chi connectivity index (χ4n) is 1.67. The highest BCUT2D eigenvalue weighted by Crippen LogP contribution is 2.27. The first kappa shape index (κ1) is 16.4. The molecule has 5 nitrogen and oxygen atoms in total. The third-order valence-electron chi connectivity index (χ3n) is 2.71. The molecule has 0 amide bonds. The van der Waals surface area contributed by atoms with Gasteiger partial charge >= 0.3 is 11.9 Å². The summed E-state index contributed by atoms with van der Waals surface area (Å²) >= 11 is 4.37. The Morgan fingerprint density at radius 1 is 1.45 bits per heavy atom. The third-order valence-corrected chi connectivity index (χ3v) is 2.99. The third kappa shape index (κ3) is 3.69. The maximum atomic E-state index is 12.8. The van der Waals surface area contributed by atoms with E-state index in [2.05, 4.69) is 12.2 Å². The van der Waals surface area contributed by atoms with Crippen LogP contribution in [0.3, 0.4) is 0 Å². The first-order valence-corrected chi connectivity index (χ1v) is 6.25. The highest BCUT2D eigenvalue weighted by Gasteiger charge is 2.42. The van der Waals surface area contributed by atoms with E-state index in [1.807, 2.05) is 0 Å². The van der Waals surface area contributed by atoms with Crippen molar-refractivity contribution >= 4 is 17.2 Å². The van der Waals surface area contributed by atoms with Gasteiger partial charge < -0.3 is 10.3 Å². The molecule has 0 aliphatic carbocycles. The van der Waals surface area contributed by atoms with Crippen molar-refractivity contribution in [2.24, 2.45) is 11.7 Å². The quantitative estimate of drug-likeness (QED) is 0.820. The van der Waals surface area contributed by atoms with Gasteiger partial charge in [-0.05, 0) is 6.42 Å². The molecule has 1 aromatic heterocycles. The van der Waals surface area contributed by atoms with Crippen LogP contribution < -0.4 is 17.0 Å². The average Bonchev–Trinajstić information content (AvgIpc) is 2.30. The average molecular weight is 309 g/mol. The number of hydrogen-bond acceptors (Lipinski definition) is 3. The highest BCUT2D eigenvalue weighted by molar-refractivity contribution is 7.80. The van der Waals surface area contributed by atoms with Crippen LogP contribution in [-0.4, -0.2) is 20.3 Å². The normalized spacial score (nSPS) is 13.2. The zero-order valence-electron chi connectivity index (χ0n) is 10.7. The monoisotopic (exact) mass is 309 g/mol. The van der Waals surface area contributed by atoms with Crippen LogP contribution in [-0.2, 0) is 13.1 Å². The van der Waals surface area contributed by atoms with Crippen molar-refractivity contribution < 1.29 is 13.2 Å². The topological polar surface area (TPSA) is 70.0 Å². The second-order valence-corrected chi connectivity index (χ2v) is 4.71. The Labute approximate surface area is 117 Å². The number of alkyl halides is 3. The van der Waals surface area contributed by atoms with E-state index < -0.39 is 34.9 Å². The van der Waals surface area contributed by atoms with Crippen molar-refractivity contribution in [3.63, 3.8) is 0 Å². The number of rotatable bonds is 5. The van der Waals surface area contributed by atoms with Gasteiger partial charge in [-0.25, -0.2) is 4.79 Å². The summed E-state index contributed by atoms with van der Waals surface area (Å²) in [5.41, 5.74) is 3.44. The second kappa shape index (κ2) is 6.21. The molecule has 1 aromatic rings. The van der Waals surface area contributed by atoms with Gasteiger partial charge in [-0.1, -0.05) is 19.1 Å². The summed E-state index contributed by atoms with van der Waals surface area (Å²) in [7, 11) is 0. The lowest BCUT2D eigenvalue weighted by Gasteiger charge is -2.20. The first-order valence-electron chi connectivity index (χ1n) is 5.84. The highest BCUT2D eigenvalue weighted by atomic mass is 32.1. The van der Waals surface area contributed by atoms with E-state index in [9.17, 15) is 22.8 Å². The summed E-state index contributed by atoms with van der Waals surface area (Å²) < 4.78 is 40.0. The van der Waals surface area contributed by atoms with Gasteiger partial charge in [-0.15, -0.1) is 0 Å². The fourth-order valence-corrected chi connectivity index (χ4v) is 1.88. The summed E-state index contributed by atoms with van der Waals surface area (Å²) in [6.45, 7) is 1.21. The van der Waals surface area contributed by atoms with Crippen LogP contribution in [0.5, 0.6) is 0 Å². The standard InChI is InChI=1S/C11H14F3N3O2S/c1-2-4-16-5-3-8(18)17(10(16)19)6-7(9(15)20)11(12,13)14/h3,5,7H,2,4,6H2,1H3,(H2,15,20). The van der Waals surface area contributed by atoms with Gasteiger partial charge in [-0.2, -0.15) is 13.2 Å². The van der Waals surface area contributed by atoms with Crippen molar-refractivity contribution in [3.8, 4) is 0 Å². The summed E-state index contributed by atoms with van der Waals surface area (Å²) in [6.07, 6.45) is -2.84. The van der Waals surface area contributed by atoms with Crippen molar-refractivity contribution in [3.05, 3.63) is 33.1 Å². The molecule has 0 aromatic carbocycles. The largest absolute Gasteiger partial charge is 0.399 e. The number of aromatic nitrogens is 2. The molecule has 1 rings (SSSR count). The van der Waals surface area contributed by atoms with Crippen molar-refractivity contribution in [1.29, 1.82) is 0 Å². The van der Waals surface area contributed by atoms with Crippen molar-refractivity contribution in [2.45, 2.75) is 32.6 Å². The number of thiocarbonyl (C=S) groups is 1. The summed E-state index contributed by atoms with van der Waals surface area (Å²) in [5, 5.41) is 0. The van der Waals surface area contributed by atoms with E-state index >= 15 is 0 Å². The van der Waals surface area contributed by atoms with Gasteiger partial charge in [0.1, 0.15) is 5.92 Å². The molecular weight excluding hydrogens is 295 g/mol. The number of nitrogens with zero attached hydrogens (tertiary/aromatic N) is 2. The Kier molecular flexibility index (Phi) is 5.09. The van der Waals surface area contributed by atoms with E-state index in [4.69, 9.17) is 5.73 Å². The molecule has 1 heterocycles. The number of nitrogens with two attached hydrogens (primary N) is 1. The zero-order chi connectivity index (χ0) is 15.5. The lowest BCUT2D eigenvalue weighted by atomic mass is 10.1. The second-order valence-electron chi connectivity index (χ2n) is 4.24. The van der Waals surface area contributed by atoms with Gasteiger partial charge in [0, 0.05) is 25.4 Å². The van der Waals surface area contributed by atoms with E-state index in [-0.39, 0.29) is 0 Å². The number of halogens is 3. The molecule has 2 N–H and O–H groups in total. The molecule has 20 heavy (non-hydrogen) atoms. The minimum absolute atomic E-state index is 0.308.